The van der Waals surface area contributed by atoms with Crippen LogP contribution in [0.5, 0.6) is 0 Å². The summed E-state index contributed by atoms with van der Waals surface area (Å²) >= 11 is 0. The summed E-state index contributed by atoms with van der Waals surface area (Å²) < 4.78 is 15.4. The third kappa shape index (κ3) is 5.28. The van der Waals surface area contributed by atoms with Crippen LogP contribution < -0.4 is 5.32 Å². The van der Waals surface area contributed by atoms with Gasteiger partial charge in [0.25, 0.3) is 0 Å². The molecule has 19 heavy (non-hydrogen) atoms. The lowest BCUT2D eigenvalue weighted by Crippen LogP contribution is -2.44. The molecule has 0 saturated carbocycles. The molecule has 0 aromatic heterocycles. The van der Waals surface area contributed by atoms with E-state index in [0.29, 0.717) is 6.42 Å². The van der Waals surface area contributed by atoms with Gasteiger partial charge in [0.15, 0.2) is 6.29 Å². The molecule has 0 aliphatic heterocycles. The number of carbonyl (C=O) groups is 1. The van der Waals surface area contributed by atoms with Crippen molar-refractivity contribution in [2.45, 2.75) is 32.3 Å². The van der Waals surface area contributed by atoms with Gasteiger partial charge in [0.2, 0.25) is 0 Å². The lowest BCUT2D eigenvalue weighted by molar-refractivity contribution is -0.122. The Morgan fingerprint density at radius 3 is 2.37 bits per heavy atom. The van der Waals surface area contributed by atoms with Crippen molar-refractivity contribution in [2.75, 3.05) is 14.2 Å². The molecule has 5 heteroatoms. The first-order valence-electron chi connectivity index (χ1n) is 6.24. The van der Waals surface area contributed by atoms with Crippen LogP contribution in [0.25, 0.3) is 0 Å². The van der Waals surface area contributed by atoms with Gasteiger partial charge in [-0.25, -0.2) is 4.79 Å². The maximum atomic E-state index is 11.7. The van der Waals surface area contributed by atoms with Gasteiger partial charge in [0.1, 0.15) is 6.61 Å². The summed E-state index contributed by atoms with van der Waals surface area (Å²) in [6.45, 7) is 2.18. The van der Waals surface area contributed by atoms with Gasteiger partial charge < -0.3 is 19.5 Å². The van der Waals surface area contributed by atoms with Crippen LogP contribution in [0, 0.1) is 0 Å². The molecule has 0 radical (unpaired) electrons. The van der Waals surface area contributed by atoms with Crippen molar-refractivity contribution in [3.05, 3.63) is 35.9 Å². The second-order valence-corrected chi connectivity index (χ2v) is 4.06. The molecule has 0 heterocycles. The molecule has 0 spiro atoms. The molecule has 1 unspecified atom stereocenters. The first-order valence-corrected chi connectivity index (χ1v) is 6.24. The predicted octanol–water partition coefficient (Wildman–Crippen LogP) is 2.31. The van der Waals surface area contributed by atoms with Crippen LogP contribution in [-0.4, -0.2) is 32.6 Å². The second kappa shape index (κ2) is 8.50. The van der Waals surface area contributed by atoms with Crippen molar-refractivity contribution in [1.82, 2.24) is 5.32 Å². The number of hydrogen-bond donors (Lipinski definition) is 1. The van der Waals surface area contributed by atoms with Gasteiger partial charge >= 0.3 is 6.09 Å². The maximum absolute atomic E-state index is 11.7. The molecule has 106 valence electrons. The number of nitrogens with one attached hydrogen (secondary N) is 1. The molecular weight excluding hydrogens is 246 g/mol. The molecule has 0 aliphatic carbocycles. The number of benzene rings is 1. The van der Waals surface area contributed by atoms with E-state index in [2.05, 4.69) is 5.32 Å². The van der Waals surface area contributed by atoms with Gasteiger partial charge in [-0.2, -0.15) is 0 Å². The molecule has 1 atom stereocenters. The quantitative estimate of drug-likeness (QED) is 0.770. The van der Waals surface area contributed by atoms with E-state index in [-0.39, 0.29) is 12.6 Å². The van der Waals surface area contributed by atoms with Crippen molar-refractivity contribution < 1.29 is 19.0 Å². The molecule has 1 N–H and O–H groups in total. The van der Waals surface area contributed by atoms with Crippen LogP contribution in [0.15, 0.2) is 30.3 Å². The van der Waals surface area contributed by atoms with Crippen LogP contribution in [-0.2, 0) is 20.8 Å². The molecule has 1 rings (SSSR count). The largest absolute Gasteiger partial charge is 0.445 e. The highest BCUT2D eigenvalue weighted by molar-refractivity contribution is 5.67. The number of alkyl carbamates (subject to hydrolysis) is 1. The zero-order valence-electron chi connectivity index (χ0n) is 11.6. The first-order chi connectivity index (χ1) is 9.21. The third-order valence-corrected chi connectivity index (χ3v) is 2.75. The average molecular weight is 267 g/mol. The Morgan fingerprint density at radius 1 is 1.21 bits per heavy atom. The second-order valence-electron chi connectivity index (χ2n) is 4.06. The maximum Gasteiger partial charge on any atom is 0.407 e. The Hall–Kier alpha value is -1.59. The molecule has 0 bridgehead atoms. The highest BCUT2D eigenvalue weighted by Gasteiger charge is 2.21. The topological polar surface area (TPSA) is 56.8 Å². The van der Waals surface area contributed by atoms with E-state index in [4.69, 9.17) is 14.2 Å². The molecule has 0 fully saturated rings. The molecule has 0 saturated heterocycles. The van der Waals surface area contributed by atoms with Gasteiger partial charge in [-0.1, -0.05) is 37.3 Å². The number of amides is 1. The number of hydrogen-bond acceptors (Lipinski definition) is 4. The summed E-state index contributed by atoms with van der Waals surface area (Å²) in [7, 11) is 3.07. The van der Waals surface area contributed by atoms with Crippen molar-refractivity contribution in [2.24, 2.45) is 0 Å². The minimum atomic E-state index is -0.478. The number of methoxy groups -OCH3 is 2. The Morgan fingerprint density at radius 2 is 1.84 bits per heavy atom. The van der Waals surface area contributed by atoms with Crippen molar-refractivity contribution in [3.8, 4) is 0 Å². The lowest BCUT2D eigenvalue weighted by Gasteiger charge is -2.24. The van der Waals surface area contributed by atoms with Crippen molar-refractivity contribution >= 4 is 6.09 Å². The van der Waals surface area contributed by atoms with Crippen LogP contribution in [0.2, 0.25) is 0 Å². The highest BCUT2D eigenvalue weighted by Crippen LogP contribution is 2.05. The number of rotatable bonds is 7. The normalized spacial score (nSPS) is 12.2. The van der Waals surface area contributed by atoms with E-state index >= 15 is 0 Å². The first kappa shape index (κ1) is 15.5. The molecule has 1 aromatic carbocycles. The summed E-state index contributed by atoms with van der Waals surface area (Å²) in [5, 5.41) is 2.73. The van der Waals surface area contributed by atoms with Crippen LogP contribution in [0.1, 0.15) is 18.9 Å². The predicted molar refractivity (Wildman–Crippen MR) is 71.6 cm³/mol. The number of carbonyl (C=O) groups excluding carboxylic acids is 1. The fourth-order valence-electron chi connectivity index (χ4n) is 1.70. The molecular formula is C14H21NO4. The van der Waals surface area contributed by atoms with E-state index in [1.165, 1.54) is 14.2 Å². The molecule has 0 aliphatic rings. The Labute approximate surface area is 113 Å². The summed E-state index contributed by atoms with van der Waals surface area (Å²) in [5.41, 5.74) is 0.945. The summed E-state index contributed by atoms with van der Waals surface area (Å²) in [4.78, 5) is 11.7. The van der Waals surface area contributed by atoms with Crippen molar-refractivity contribution in [1.29, 1.82) is 0 Å². The number of ether oxygens (including phenoxy) is 3. The third-order valence-electron chi connectivity index (χ3n) is 2.75. The van der Waals surface area contributed by atoms with Crippen LogP contribution >= 0.6 is 0 Å². The van der Waals surface area contributed by atoms with Gasteiger partial charge in [0, 0.05) is 14.2 Å². The minimum Gasteiger partial charge on any atom is -0.445 e. The standard InChI is InChI=1S/C14H21NO4/c1-4-12(13(17-2)18-3)15-14(16)19-10-11-8-6-5-7-9-11/h5-9,12-13H,4,10H2,1-3H3,(H,15,16). The van der Waals surface area contributed by atoms with Gasteiger partial charge in [-0.3, -0.25) is 0 Å². The monoisotopic (exact) mass is 267 g/mol. The van der Waals surface area contributed by atoms with E-state index in [1.54, 1.807) is 0 Å². The molecule has 1 amide bonds. The molecule has 1 aromatic rings. The van der Waals surface area contributed by atoms with Crippen molar-refractivity contribution in [3.63, 3.8) is 0 Å². The Kier molecular flexibility index (Phi) is 6.92. The smallest absolute Gasteiger partial charge is 0.407 e. The zero-order chi connectivity index (χ0) is 14.1. The van der Waals surface area contributed by atoms with Crippen LogP contribution in [0.3, 0.4) is 0 Å². The van der Waals surface area contributed by atoms with E-state index in [1.807, 2.05) is 37.3 Å². The van der Waals surface area contributed by atoms with Gasteiger partial charge in [0.05, 0.1) is 6.04 Å². The Balaban J connectivity index is 2.41. The van der Waals surface area contributed by atoms with E-state index in [9.17, 15) is 4.79 Å². The average Bonchev–Trinajstić information content (AvgIpc) is 2.46. The van der Waals surface area contributed by atoms with E-state index < -0.39 is 12.4 Å². The molecule has 5 nitrogen and oxygen atoms in total. The Bertz CT molecular complexity index is 365. The highest BCUT2D eigenvalue weighted by atomic mass is 16.7. The summed E-state index contributed by atoms with van der Waals surface area (Å²) in [6.07, 6.45) is -0.267. The van der Waals surface area contributed by atoms with E-state index in [0.717, 1.165) is 5.56 Å². The fraction of sp³-hybridized carbons (Fsp3) is 0.500. The van der Waals surface area contributed by atoms with Crippen LogP contribution in [0.4, 0.5) is 4.79 Å². The summed E-state index contributed by atoms with van der Waals surface area (Å²) in [6, 6.07) is 9.28. The van der Waals surface area contributed by atoms with Gasteiger partial charge in [-0.05, 0) is 12.0 Å². The minimum absolute atomic E-state index is 0.238. The summed E-state index contributed by atoms with van der Waals surface area (Å²) in [5.74, 6) is 0. The van der Waals surface area contributed by atoms with Gasteiger partial charge in [-0.15, -0.1) is 0 Å². The lowest BCUT2D eigenvalue weighted by atomic mass is 10.2. The zero-order valence-corrected chi connectivity index (χ0v) is 11.6. The SMILES string of the molecule is CCC(NC(=O)OCc1ccccc1)C(OC)OC. The fourth-order valence-corrected chi connectivity index (χ4v) is 1.70.